The second-order valence-corrected chi connectivity index (χ2v) is 4.33. The maximum atomic E-state index is 11.9. The number of benzene rings is 1. The zero-order valence-electron chi connectivity index (χ0n) is 10.3. The molecule has 0 bridgehead atoms. The summed E-state index contributed by atoms with van der Waals surface area (Å²) >= 11 is 0. The van der Waals surface area contributed by atoms with Crippen LogP contribution in [0.4, 0.5) is 0 Å². The fraction of sp³-hybridized carbons (Fsp3) is 0.462. The molecule has 0 saturated carbocycles. The first-order chi connectivity index (χ1) is 7.45. The van der Waals surface area contributed by atoms with Gasteiger partial charge in [-0.1, -0.05) is 17.7 Å². The van der Waals surface area contributed by atoms with Gasteiger partial charge < -0.3 is 10.4 Å². The van der Waals surface area contributed by atoms with Crippen LogP contribution in [-0.4, -0.2) is 23.7 Å². The van der Waals surface area contributed by atoms with Crippen molar-refractivity contribution in [2.45, 2.75) is 33.7 Å². The lowest BCUT2D eigenvalue weighted by Crippen LogP contribution is -2.35. The number of aliphatic hydroxyl groups excluding tert-OH is 1. The molecule has 0 spiro atoms. The lowest BCUT2D eigenvalue weighted by Gasteiger charge is -2.14. The number of carbonyl (C=O) groups excluding carboxylic acids is 1. The van der Waals surface area contributed by atoms with E-state index in [4.69, 9.17) is 5.11 Å². The molecular formula is C13H19NO2. The van der Waals surface area contributed by atoms with Crippen molar-refractivity contribution < 1.29 is 9.90 Å². The molecule has 0 aliphatic heterocycles. The Bertz CT molecular complexity index is 376. The van der Waals surface area contributed by atoms with Crippen LogP contribution in [0.25, 0.3) is 0 Å². The molecule has 1 aromatic rings. The van der Waals surface area contributed by atoms with E-state index in [9.17, 15) is 4.79 Å². The van der Waals surface area contributed by atoms with Gasteiger partial charge in [0, 0.05) is 11.6 Å². The molecule has 3 heteroatoms. The van der Waals surface area contributed by atoms with Crippen LogP contribution in [0.1, 0.15) is 34.0 Å². The number of hydrogen-bond acceptors (Lipinski definition) is 2. The van der Waals surface area contributed by atoms with E-state index >= 15 is 0 Å². The van der Waals surface area contributed by atoms with Crippen molar-refractivity contribution in [3.63, 3.8) is 0 Å². The van der Waals surface area contributed by atoms with Gasteiger partial charge >= 0.3 is 0 Å². The Morgan fingerprint density at radius 3 is 2.25 bits per heavy atom. The highest BCUT2D eigenvalue weighted by Gasteiger charge is 2.14. The zero-order chi connectivity index (χ0) is 12.3. The summed E-state index contributed by atoms with van der Waals surface area (Å²) in [5.41, 5.74) is 3.81. The minimum absolute atomic E-state index is 0.0459. The van der Waals surface area contributed by atoms with E-state index in [1.807, 2.05) is 32.9 Å². The smallest absolute Gasteiger partial charge is 0.252 e. The van der Waals surface area contributed by atoms with Crippen LogP contribution in [0, 0.1) is 20.8 Å². The van der Waals surface area contributed by atoms with Gasteiger partial charge in [0.2, 0.25) is 0 Å². The Morgan fingerprint density at radius 2 is 1.81 bits per heavy atom. The van der Waals surface area contributed by atoms with Crippen LogP contribution < -0.4 is 5.32 Å². The molecule has 0 fully saturated rings. The molecule has 0 aromatic heterocycles. The van der Waals surface area contributed by atoms with E-state index in [1.54, 1.807) is 6.92 Å². The lowest BCUT2D eigenvalue weighted by atomic mass is 9.99. The summed E-state index contributed by atoms with van der Waals surface area (Å²) in [6.45, 7) is 7.60. The molecule has 0 aliphatic carbocycles. The maximum absolute atomic E-state index is 11.9. The molecule has 1 atom stereocenters. The predicted octanol–water partition coefficient (Wildman–Crippen LogP) is 1.72. The highest BCUT2D eigenvalue weighted by Crippen LogP contribution is 2.16. The average Bonchev–Trinajstić information content (AvgIpc) is 2.15. The molecule has 0 aliphatic rings. The molecule has 16 heavy (non-hydrogen) atoms. The number of rotatable bonds is 3. The molecule has 0 radical (unpaired) electrons. The molecule has 1 amide bonds. The topological polar surface area (TPSA) is 49.3 Å². The van der Waals surface area contributed by atoms with Crippen molar-refractivity contribution in [1.82, 2.24) is 5.32 Å². The Morgan fingerprint density at radius 1 is 1.31 bits per heavy atom. The Balaban J connectivity index is 3.00. The van der Waals surface area contributed by atoms with Crippen LogP contribution in [0.5, 0.6) is 0 Å². The summed E-state index contributed by atoms with van der Waals surface area (Å²) in [5.74, 6) is -0.114. The van der Waals surface area contributed by atoms with E-state index in [1.165, 1.54) is 0 Å². The van der Waals surface area contributed by atoms with Crippen molar-refractivity contribution in [1.29, 1.82) is 0 Å². The van der Waals surface area contributed by atoms with E-state index in [0.29, 0.717) is 5.56 Å². The second-order valence-electron chi connectivity index (χ2n) is 4.33. The second kappa shape index (κ2) is 5.12. The van der Waals surface area contributed by atoms with Gasteiger partial charge in [-0.25, -0.2) is 0 Å². The monoisotopic (exact) mass is 221 g/mol. The van der Waals surface area contributed by atoms with Gasteiger partial charge in [0.05, 0.1) is 6.61 Å². The first kappa shape index (κ1) is 12.7. The van der Waals surface area contributed by atoms with E-state index in [0.717, 1.165) is 16.7 Å². The van der Waals surface area contributed by atoms with Crippen LogP contribution >= 0.6 is 0 Å². The number of carbonyl (C=O) groups is 1. The van der Waals surface area contributed by atoms with Crippen molar-refractivity contribution in [3.8, 4) is 0 Å². The van der Waals surface area contributed by atoms with E-state index < -0.39 is 0 Å². The molecule has 1 rings (SSSR count). The highest BCUT2D eigenvalue weighted by molar-refractivity contribution is 5.97. The van der Waals surface area contributed by atoms with Gasteiger partial charge in [-0.2, -0.15) is 0 Å². The molecule has 88 valence electrons. The van der Waals surface area contributed by atoms with Gasteiger partial charge in [0.25, 0.3) is 5.91 Å². The maximum Gasteiger partial charge on any atom is 0.252 e. The number of nitrogens with one attached hydrogen (secondary N) is 1. The van der Waals surface area contributed by atoms with Gasteiger partial charge in [0.1, 0.15) is 0 Å². The van der Waals surface area contributed by atoms with Crippen LogP contribution in [0.15, 0.2) is 12.1 Å². The molecular weight excluding hydrogens is 202 g/mol. The highest BCUT2D eigenvalue weighted by atomic mass is 16.3. The Labute approximate surface area is 96.5 Å². The molecule has 0 saturated heterocycles. The summed E-state index contributed by atoms with van der Waals surface area (Å²) in [4.78, 5) is 11.9. The summed E-state index contributed by atoms with van der Waals surface area (Å²) in [7, 11) is 0. The molecule has 2 N–H and O–H groups in total. The number of aliphatic hydroxyl groups is 1. The number of hydrogen-bond donors (Lipinski definition) is 2. The van der Waals surface area contributed by atoms with E-state index in [2.05, 4.69) is 5.32 Å². The first-order valence-corrected chi connectivity index (χ1v) is 5.45. The SMILES string of the molecule is Cc1cc(C)c(C(=O)NC(C)CO)c(C)c1. The summed E-state index contributed by atoms with van der Waals surface area (Å²) in [6.07, 6.45) is 0. The number of amides is 1. The average molecular weight is 221 g/mol. The van der Waals surface area contributed by atoms with E-state index in [-0.39, 0.29) is 18.6 Å². The summed E-state index contributed by atoms with van der Waals surface area (Å²) in [5, 5.41) is 11.7. The standard InChI is InChI=1S/C13H19NO2/c1-8-5-9(2)12(10(3)6-8)13(16)14-11(4)7-15/h5-6,11,15H,7H2,1-4H3,(H,14,16). The van der Waals surface area contributed by atoms with Crippen LogP contribution in [-0.2, 0) is 0 Å². The van der Waals surface area contributed by atoms with Crippen molar-refractivity contribution in [2.75, 3.05) is 6.61 Å². The minimum atomic E-state index is -0.215. The zero-order valence-corrected chi connectivity index (χ0v) is 10.3. The largest absolute Gasteiger partial charge is 0.394 e. The van der Waals surface area contributed by atoms with Crippen LogP contribution in [0.2, 0.25) is 0 Å². The number of aryl methyl sites for hydroxylation is 3. The third-order valence-electron chi connectivity index (χ3n) is 2.56. The molecule has 1 aromatic carbocycles. The predicted molar refractivity (Wildman–Crippen MR) is 64.7 cm³/mol. The third kappa shape index (κ3) is 2.83. The van der Waals surface area contributed by atoms with Crippen molar-refractivity contribution in [3.05, 3.63) is 34.4 Å². The molecule has 1 unspecified atom stereocenters. The Kier molecular flexibility index (Phi) is 4.07. The van der Waals surface area contributed by atoms with Gasteiger partial charge in [0.15, 0.2) is 0 Å². The molecule has 0 heterocycles. The fourth-order valence-corrected chi connectivity index (χ4v) is 1.88. The Hall–Kier alpha value is -1.35. The molecule has 3 nitrogen and oxygen atoms in total. The third-order valence-corrected chi connectivity index (χ3v) is 2.56. The van der Waals surface area contributed by atoms with Gasteiger partial charge in [-0.05, 0) is 38.8 Å². The van der Waals surface area contributed by atoms with Gasteiger partial charge in [-0.15, -0.1) is 0 Å². The summed E-state index contributed by atoms with van der Waals surface area (Å²) in [6, 6.07) is 3.77. The van der Waals surface area contributed by atoms with Crippen molar-refractivity contribution in [2.24, 2.45) is 0 Å². The minimum Gasteiger partial charge on any atom is -0.394 e. The van der Waals surface area contributed by atoms with Crippen LogP contribution in [0.3, 0.4) is 0 Å². The normalized spacial score (nSPS) is 12.3. The quantitative estimate of drug-likeness (QED) is 0.816. The lowest BCUT2D eigenvalue weighted by molar-refractivity contribution is 0.0921. The first-order valence-electron chi connectivity index (χ1n) is 5.45. The summed E-state index contributed by atoms with van der Waals surface area (Å²) < 4.78 is 0. The van der Waals surface area contributed by atoms with Crippen molar-refractivity contribution >= 4 is 5.91 Å². The fourth-order valence-electron chi connectivity index (χ4n) is 1.88. The van der Waals surface area contributed by atoms with Gasteiger partial charge in [-0.3, -0.25) is 4.79 Å².